The molecule has 1 unspecified atom stereocenters. The molecule has 1 aromatic rings. The zero-order valence-electron chi connectivity index (χ0n) is 8.14. The summed E-state index contributed by atoms with van der Waals surface area (Å²) in [6.45, 7) is 3.89. The van der Waals surface area contributed by atoms with Crippen molar-refractivity contribution in [1.82, 2.24) is 0 Å². The van der Waals surface area contributed by atoms with Crippen molar-refractivity contribution in [2.75, 3.05) is 0 Å². The van der Waals surface area contributed by atoms with Crippen molar-refractivity contribution in [1.29, 1.82) is 5.26 Å². The third kappa shape index (κ3) is 1.94. The van der Waals surface area contributed by atoms with Gasteiger partial charge in [-0.3, -0.25) is 0 Å². The van der Waals surface area contributed by atoms with E-state index in [9.17, 15) is 0 Å². The van der Waals surface area contributed by atoms with Gasteiger partial charge in [-0.25, -0.2) is 0 Å². The summed E-state index contributed by atoms with van der Waals surface area (Å²) in [5.41, 5.74) is 0.364. The van der Waals surface area contributed by atoms with Gasteiger partial charge in [0, 0.05) is 15.1 Å². The molecule has 3 heteroatoms. The summed E-state index contributed by atoms with van der Waals surface area (Å²) >= 11 is 9.52. The molecule has 1 aromatic carbocycles. The summed E-state index contributed by atoms with van der Waals surface area (Å²) in [7, 11) is 0. The second-order valence-corrected chi connectivity index (χ2v) is 4.66. The zero-order valence-corrected chi connectivity index (χ0v) is 10.5. The summed E-state index contributed by atoms with van der Waals surface area (Å²) in [4.78, 5) is 0. The fourth-order valence-corrected chi connectivity index (χ4v) is 2.64. The Morgan fingerprint density at radius 1 is 1.57 bits per heavy atom. The molecule has 1 rings (SSSR count). The molecule has 0 saturated heterocycles. The van der Waals surface area contributed by atoms with Crippen LogP contribution < -0.4 is 0 Å². The number of benzene rings is 1. The lowest BCUT2D eigenvalue weighted by molar-refractivity contribution is 0.585. The number of hydrogen-bond donors (Lipinski definition) is 0. The molecule has 0 aliphatic rings. The first-order chi connectivity index (χ1) is 6.55. The molecule has 0 radical (unpaired) electrons. The predicted octanol–water partition coefficient (Wildman–Crippen LogP) is 4.29. The highest BCUT2D eigenvalue weighted by atomic mass is 79.9. The highest BCUT2D eigenvalue weighted by Gasteiger charge is 2.28. The fraction of sp³-hybridized carbons (Fsp3) is 0.364. The molecule has 0 saturated carbocycles. The third-order valence-electron chi connectivity index (χ3n) is 2.47. The molecular weight excluding hydrogens is 261 g/mol. The maximum atomic E-state index is 9.16. The molecular formula is C11H11BrClN. The maximum Gasteiger partial charge on any atom is 0.0817 e. The van der Waals surface area contributed by atoms with Gasteiger partial charge in [-0.2, -0.15) is 5.26 Å². The quantitative estimate of drug-likeness (QED) is 0.788. The molecule has 0 spiro atoms. The van der Waals surface area contributed by atoms with Gasteiger partial charge in [0.1, 0.15) is 0 Å². The van der Waals surface area contributed by atoms with Gasteiger partial charge in [-0.1, -0.05) is 40.5 Å². The molecule has 0 heterocycles. The number of halogens is 2. The topological polar surface area (TPSA) is 23.8 Å². The van der Waals surface area contributed by atoms with Gasteiger partial charge in [0.15, 0.2) is 0 Å². The van der Waals surface area contributed by atoms with Gasteiger partial charge < -0.3 is 0 Å². The van der Waals surface area contributed by atoms with Crippen LogP contribution in [-0.4, -0.2) is 0 Å². The second kappa shape index (κ2) is 4.33. The summed E-state index contributed by atoms with van der Waals surface area (Å²) in [5, 5.41) is 9.80. The average Bonchev–Trinajstić information content (AvgIpc) is 2.17. The highest BCUT2D eigenvalue weighted by molar-refractivity contribution is 9.10. The lowest BCUT2D eigenvalue weighted by Gasteiger charge is -2.22. The zero-order chi connectivity index (χ0) is 10.8. The van der Waals surface area contributed by atoms with E-state index >= 15 is 0 Å². The lowest BCUT2D eigenvalue weighted by atomic mass is 9.81. The molecule has 0 amide bonds. The van der Waals surface area contributed by atoms with Crippen LogP contribution in [0.5, 0.6) is 0 Å². The largest absolute Gasteiger partial charge is 0.197 e. The molecule has 0 aliphatic heterocycles. The van der Waals surface area contributed by atoms with Crippen molar-refractivity contribution in [3.63, 3.8) is 0 Å². The van der Waals surface area contributed by atoms with Gasteiger partial charge >= 0.3 is 0 Å². The van der Waals surface area contributed by atoms with Crippen LogP contribution in [0.1, 0.15) is 25.8 Å². The number of rotatable bonds is 2. The van der Waals surface area contributed by atoms with Gasteiger partial charge in [-0.05, 0) is 25.5 Å². The molecule has 1 atom stereocenters. The Labute approximate surface area is 97.8 Å². The minimum atomic E-state index is -0.517. The molecule has 14 heavy (non-hydrogen) atoms. The van der Waals surface area contributed by atoms with E-state index in [-0.39, 0.29) is 0 Å². The molecule has 0 fully saturated rings. The number of nitriles is 1. The predicted molar refractivity (Wildman–Crippen MR) is 62.4 cm³/mol. The van der Waals surface area contributed by atoms with Crippen LogP contribution in [0, 0.1) is 11.3 Å². The van der Waals surface area contributed by atoms with E-state index in [1.165, 1.54) is 0 Å². The van der Waals surface area contributed by atoms with Crippen molar-refractivity contribution < 1.29 is 0 Å². The Morgan fingerprint density at radius 2 is 2.21 bits per heavy atom. The molecule has 0 aromatic heterocycles. The van der Waals surface area contributed by atoms with Gasteiger partial charge in [-0.15, -0.1) is 0 Å². The third-order valence-corrected chi connectivity index (χ3v) is 3.44. The molecule has 0 N–H and O–H groups in total. The Bertz CT molecular complexity index is 363. The van der Waals surface area contributed by atoms with E-state index in [0.717, 1.165) is 16.5 Å². The Morgan fingerprint density at radius 3 is 2.64 bits per heavy atom. The van der Waals surface area contributed by atoms with Crippen LogP contribution >= 0.6 is 27.5 Å². The summed E-state index contributed by atoms with van der Waals surface area (Å²) in [6, 6.07) is 7.90. The van der Waals surface area contributed by atoms with Crippen molar-refractivity contribution in [2.45, 2.75) is 25.7 Å². The van der Waals surface area contributed by atoms with E-state index in [1.807, 2.05) is 32.0 Å². The van der Waals surface area contributed by atoms with Gasteiger partial charge in [0.2, 0.25) is 0 Å². The Kier molecular flexibility index (Phi) is 3.58. The normalized spacial score (nSPS) is 14.5. The van der Waals surface area contributed by atoms with Crippen LogP contribution in [0.25, 0.3) is 0 Å². The van der Waals surface area contributed by atoms with Crippen LogP contribution in [0.3, 0.4) is 0 Å². The lowest BCUT2D eigenvalue weighted by Crippen LogP contribution is -2.19. The van der Waals surface area contributed by atoms with Crippen molar-refractivity contribution >= 4 is 27.5 Å². The second-order valence-electron chi connectivity index (χ2n) is 3.39. The average molecular weight is 273 g/mol. The molecule has 0 aliphatic carbocycles. The van der Waals surface area contributed by atoms with E-state index < -0.39 is 5.41 Å². The van der Waals surface area contributed by atoms with Gasteiger partial charge in [0.05, 0.1) is 11.5 Å². The monoisotopic (exact) mass is 271 g/mol. The molecule has 1 nitrogen and oxygen atoms in total. The maximum absolute atomic E-state index is 9.16. The van der Waals surface area contributed by atoms with E-state index in [4.69, 9.17) is 16.9 Å². The highest BCUT2D eigenvalue weighted by Crippen LogP contribution is 2.37. The van der Waals surface area contributed by atoms with Crippen molar-refractivity contribution in [3.8, 4) is 6.07 Å². The summed E-state index contributed by atoms with van der Waals surface area (Å²) in [5.74, 6) is 0. The smallest absolute Gasteiger partial charge is 0.0817 e. The van der Waals surface area contributed by atoms with Crippen LogP contribution in [0.15, 0.2) is 22.7 Å². The SMILES string of the molecule is CCC(C)(C#N)c1c(Cl)cccc1Br. The minimum absolute atomic E-state index is 0.517. The fourth-order valence-electron chi connectivity index (χ4n) is 1.34. The Balaban J connectivity index is 3.39. The van der Waals surface area contributed by atoms with Crippen LogP contribution in [0.4, 0.5) is 0 Å². The number of hydrogen-bond acceptors (Lipinski definition) is 1. The Hall–Kier alpha value is -0.520. The summed E-state index contributed by atoms with van der Waals surface area (Å²) in [6.07, 6.45) is 0.742. The van der Waals surface area contributed by atoms with Crippen LogP contribution in [0.2, 0.25) is 5.02 Å². The van der Waals surface area contributed by atoms with Gasteiger partial charge in [0.25, 0.3) is 0 Å². The minimum Gasteiger partial charge on any atom is -0.197 e. The standard InChI is InChI=1S/C11H11BrClN/c1-3-11(2,7-14)10-8(12)5-4-6-9(10)13/h4-6H,3H2,1-2H3. The van der Waals surface area contributed by atoms with E-state index in [1.54, 1.807) is 0 Å². The van der Waals surface area contributed by atoms with Crippen LogP contribution in [-0.2, 0) is 5.41 Å². The first-order valence-electron chi connectivity index (χ1n) is 4.41. The van der Waals surface area contributed by atoms with E-state index in [0.29, 0.717) is 5.02 Å². The molecule has 0 bridgehead atoms. The molecule has 74 valence electrons. The summed E-state index contributed by atoms with van der Waals surface area (Å²) < 4.78 is 0.899. The van der Waals surface area contributed by atoms with E-state index in [2.05, 4.69) is 22.0 Å². The van der Waals surface area contributed by atoms with Crippen molar-refractivity contribution in [2.24, 2.45) is 0 Å². The van der Waals surface area contributed by atoms with Crippen molar-refractivity contribution in [3.05, 3.63) is 33.3 Å². The first-order valence-corrected chi connectivity index (χ1v) is 5.58. The number of nitrogens with zero attached hydrogens (tertiary/aromatic N) is 1. The first kappa shape index (κ1) is 11.6.